The summed E-state index contributed by atoms with van der Waals surface area (Å²) < 4.78 is 12.3. The number of thiophene rings is 1. The first-order chi connectivity index (χ1) is 13.8. The molecule has 1 aliphatic heterocycles. The quantitative estimate of drug-likeness (QED) is 0.401. The molecule has 0 bridgehead atoms. The number of rotatable bonds is 7. The van der Waals surface area contributed by atoms with E-state index in [2.05, 4.69) is 48.6 Å². The minimum Gasteiger partial charge on any atom is -0.465 e. The van der Waals surface area contributed by atoms with Crippen LogP contribution in [0.1, 0.15) is 61.9 Å². The van der Waals surface area contributed by atoms with Crippen LogP contribution >= 0.6 is 27.3 Å². The Morgan fingerprint density at radius 2 is 1.90 bits per heavy atom. The van der Waals surface area contributed by atoms with Gasteiger partial charge in [-0.25, -0.2) is 4.79 Å². The lowest BCUT2D eigenvalue weighted by atomic mass is 9.74. The number of hydrogen-bond donors (Lipinski definition) is 0. The number of hydrogen-bond acceptors (Lipinski definition) is 5. The fourth-order valence-corrected chi connectivity index (χ4v) is 7.60. The van der Waals surface area contributed by atoms with Crippen molar-refractivity contribution in [1.29, 1.82) is 0 Å². The molecule has 2 fully saturated rings. The van der Waals surface area contributed by atoms with Gasteiger partial charge in [-0.05, 0) is 49.0 Å². The molecule has 5 nitrogen and oxygen atoms in total. The standard InChI is InChI=1S/C22H36BrN2O3S/c1-7-22(24-13-17(14-24)27-5)11-9-16(10-12-22)25(4,8-2)20-15(3)18(19(23)29-20)21(26)28-6/h16-17H,7-14H2,1-6H3/q+1. The predicted molar refractivity (Wildman–Crippen MR) is 124 cm³/mol. The Bertz CT molecular complexity index is 739. The van der Waals surface area contributed by atoms with E-state index < -0.39 is 0 Å². The zero-order valence-corrected chi connectivity index (χ0v) is 21.1. The maximum atomic E-state index is 12.3. The summed E-state index contributed by atoms with van der Waals surface area (Å²) in [5.41, 5.74) is 2.10. The Hall–Kier alpha value is -0.470. The summed E-state index contributed by atoms with van der Waals surface area (Å²) in [6.07, 6.45) is 6.55. The van der Waals surface area contributed by atoms with E-state index in [1.165, 1.54) is 44.2 Å². The number of halogens is 1. The topological polar surface area (TPSA) is 38.8 Å². The Morgan fingerprint density at radius 3 is 2.38 bits per heavy atom. The average Bonchev–Trinajstić information content (AvgIpc) is 3.01. The van der Waals surface area contributed by atoms with E-state index in [4.69, 9.17) is 9.47 Å². The van der Waals surface area contributed by atoms with E-state index in [1.807, 2.05) is 7.11 Å². The van der Waals surface area contributed by atoms with E-state index in [9.17, 15) is 4.79 Å². The van der Waals surface area contributed by atoms with Gasteiger partial charge in [0.15, 0.2) is 5.00 Å². The van der Waals surface area contributed by atoms with Crippen molar-refractivity contribution < 1.29 is 14.3 Å². The first-order valence-corrected chi connectivity index (χ1v) is 12.4. The van der Waals surface area contributed by atoms with Crippen LogP contribution in [0.15, 0.2) is 3.79 Å². The maximum absolute atomic E-state index is 12.3. The Balaban J connectivity index is 1.80. The van der Waals surface area contributed by atoms with Gasteiger partial charge < -0.3 is 9.47 Å². The minimum atomic E-state index is -0.251. The molecule has 1 aromatic rings. The van der Waals surface area contributed by atoms with Gasteiger partial charge in [0.25, 0.3) is 0 Å². The van der Waals surface area contributed by atoms with Gasteiger partial charge in [0.2, 0.25) is 0 Å². The van der Waals surface area contributed by atoms with Gasteiger partial charge in [-0.15, -0.1) is 0 Å². The molecule has 3 rings (SSSR count). The Morgan fingerprint density at radius 1 is 1.28 bits per heavy atom. The smallest absolute Gasteiger partial charge is 0.340 e. The van der Waals surface area contributed by atoms with Crippen LogP contribution < -0.4 is 4.48 Å². The number of esters is 1. The molecule has 0 N–H and O–H groups in total. The molecule has 164 valence electrons. The number of carbonyl (C=O) groups is 1. The second-order valence-electron chi connectivity index (χ2n) is 8.83. The van der Waals surface area contributed by atoms with Crippen molar-refractivity contribution in [2.75, 3.05) is 40.9 Å². The third-order valence-electron chi connectivity index (χ3n) is 7.79. The molecule has 1 saturated carbocycles. The van der Waals surface area contributed by atoms with E-state index in [-0.39, 0.29) is 5.97 Å². The molecule has 0 spiro atoms. The first-order valence-electron chi connectivity index (χ1n) is 10.8. The van der Waals surface area contributed by atoms with Crippen molar-refractivity contribution in [2.24, 2.45) is 0 Å². The molecule has 1 aliphatic carbocycles. The zero-order valence-electron chi connectivity index (χ0n) is 18.7. The van der Waals surface area contributed by atoms with Crippen LogP contribution in [0, 0.1) is 6.92 Å². The van der Waals surface area contributed by atoms with Gasteiger partial charge >= 0.3 is 5.97 Å². The van der Waals surface area contributed by atoms with Gasteiger partial charge in [0, 0.05) is 44.1 Å². The van der Waals surface area contributed by atoms with Crippen molar-refractivity contribution >= 4 is 38.2 Å². The molecule has 1 saturated heterocycles. The first kappa shape index (κ1) is 23.2. The summed E-state index contributed by atoms with van der Waals surface area (Å²) in [6, 6.07) is 0.578. The third-order valence-corrected chi connectivity index (χ3v) is 9.97. The molecule has 0 radical (unpaired) electrons. The van der Waals surface area contributed by atoms with Gasteiger partial charge in [0.05, 0.1) is 42.2 Å². The number of quaternary nitrogens is 1. The summed E-state index contributed by atoms with van der Waals surface area (Å²) >= 11 is 5.32. The number of nitrogens with zero attached hydrogens (tertiary/aromatic N) is 2. The molecule has 2 aliphatic rings. The van der Waals surface area contributed by atoms with E-state index in [0.717, 1.165) is 33.5 Å². The molecule has 0 amide bonds. The highest BCUT2D eigenvalue weighted by Gasteiger charge is 2.48. The van der Waals surface area contributed by atoms with Crippen molar-refractivity contribution in [1.82, 2.24) is 9.38 Å². The monoisotopic (exact) mass is 487 g/mol. The van der Waals surface area contributed by atoms with E-state index >= 15 is 0 Å². The number of methoxy groups -OCH3 is 2. The normalized spacial score (nSPS) is 28.0. The van der Waals surface area contributed by atoms with Crippen LogP contribution in [-0.4, -0.2) is 69.5 Å². The zero-order chi connectivity index (χ0) is 21.4. The predicted octanol–water partition coefficient (Wildman–Crippen LogP) is 4.98. The fourth-order valence-electron chi connectivity index (χ4n) is 5.43. The summed E-state index contributed by atoms with van der Waals surface area (Å²) in [6.45, 7) is 9.86. The lowest BCUT2D eigenvalue weighted by Crippen LogP contribution is -2.65. The summed E-state index contributed by atoms with van der Waals surface area (Å²) in [7, 11) is 5.63. The number of likely N-dealkylation sites (tertiary alicyclic amines) is 1. The van der Waals surface area contributed by atoms with Crippen LogP contribution in [0.5, 0.6) is 0 Å². The third kappa shape index (κ3) is 3.93. The second kappa shape index (κ2) is 8.95. The highest BCUT2D eigenvalue weighted by Crippen LogP contribution is 2.47. The minimum absolute atomic E-state index is 0.251. The van der Waals surface area contributed by atoms with Crippen molar-refractivity contribution in [3.63, 3.8) is 0 Å². The second-order valence-corrected chi connectivity index (χ2v) is 11.1. The maximum Gasteiger partial charge on any atom is 0.340 e. The summed E-state index contributed by atoms with van der Waals surface area (Å²) in [5, 5.41) is 1.29. The Labute approximate surface area is 188 Å². The van der Waals surface area contributed by atoms with Crippen molar-refractivity contribution in [3.05, 3.63) is 14.9 Å². The molecular weight excluding hydrogens is 452 g/mol. The van der Waals surface area contributed by atoms with Crippen LogP contribution in [0.4, 0.5) is 5.00 Å². The molecular formula is C22H36BrN2O3S+. The molecule has 1 unspecified atom stereocenters. The van der Waals surface area contributed by atoms with Gasteiger partial charge in [-0.1, -0.05) is 18.3 Å². The van der Waals surface area contributed by atoms with Gasteiger partial charge in [-0.2, -0.15) is 0 Å². The summed E-state index contributed by atoms with van der Waals surface area (Å²) in [4.78, 5) is 14.9. The molecule has 0 aromatic carbocycles. The average molecular weight is 489 g/mol. The van der Waals surface area contributed by atoms with Crippen LogP contribution in [-0.2, 0) is 9.47 Å². The largest absolute Gasteiger partial charge is 0.465 e. The lowest BCUT2D eigenvalue weighted by Gasteiger charge is -2.55. The van der Waals surface area contributed by atoms with Crippen LogP contribution in [0.25, 0.3) is 0 Å². The molecule has 2 heterocycles. The van der Waals surface area contributed by atoms with Crippen LogP contribution in [0.2, 0.25) is 0 Å². The molecule has 7 heteroatoms. The van der Waals surface area contributed by atoms with Gasteiger partial charge in [0.1, 0.15) is 0 Å². The molecule has 1 atom stereocenters. The Kier molecular flexibility index (Phi) is 7.16. The van der Waals surface area contributed by atoms with E-state index in [1.54, 1.807) is 11.3 Å². The number of carbonyl (C=O) groups excluding carboxylic acids is 1. The fraction of sp³-hybridized carbons (Fsp3) is 0.773. The van der Waals surface area contributed by atoms with E-state index in [0.29, 0.717) is 23.2 Å². The van der Waals surface area contributed by atoms with Gasteiger partial charge in [-0.3, -0.25) is 9.38 Å². The van der Waals surface area contributed by atoms with Crippen molar-refractivity contribution in [3.8, 4) is 0 Å². The molecule has 29 heavy (non-hydrogen) atoms. The van der Waals surface area contributed by atoms with Crippen molar-refractivity contribution in [2.45, 2.75) is 70.6 Å². The highest BCUT2D eigenvalue weighted by atomic mass is 79.9. The SMILES string of the molecule is CCC1(N2CC(OC)C2)CCC([N+](C)(CC)c2sc(Br)c(C(=O)OC)c2C)CC1. The highest BCUT2D eigenvalue weighted by molar-refractivity contribution is 9.11. The lowest BCUT2D eigenvalue weighted by molar-refractivity contribution is -0.103. The molecule has 1 aromatic heterocycles. The van der Waals surface area contributed by atoms with Crippen LogP contribution in [0.3, 0.4) is 0 Å². The summed E-state index contributed by atoms with van der Waals surface area (Å²) in [5.74, 6) is -0.251. The number of ether oxygens (including phenoxy) is 2.